The number of carbonyl (C=O) groups excluding carboxylic acids is 2. The van der Waals surface area contributed by atoms with Crippen LogP contribution >= 0.6 is 15.9 Å². The van der Waals surface area contributed by atoms with Gasteiger partial charge < -0.3 is 14.7 Å². The predicted molar refractivity (Wildman–Crippen MR) is 69.3 cm³/mol. The van der Waals surface area contributed by atoms with Crippen molar-refractivity contribution in [3.05, 3.63) is 51.2 Å². The molecular formula is C13H6BrF3NO5-. The van der Waals surface area contributed by atoms with Gasteiger partial charge in [-0.2, -0.15) is 13.2 Å². The Morgan fingerprint density at radius 3 is 2.43 bits per heavy atom. The number of imide groups is 1. The maximum Gasteiger partial charge on any atom is 0.460 e. The summed E-state index contributed by atoms with van der Waals surface area (Å²) in [6.07, 6.45) is -5.16. The average Bonchev–Trinajstić information content (AvgIpc) is 2.69. The quantitative estimate of drug-likeness (QED) is 0.445. The van der Waals surface area contributed by atoms with Crippen LogP contribution in [0.5, 0.6) is 0 Å². The van der Waals surface area contributed by atoms with Crippen LogP contribution in [0.3, 0.4) is 0 Å². The highest BCUT2D eigenvalue weighted by molar-refractivity contribution is 9.10. The van der Waals surface area contributed by atoms with E-state index < -0.39 is 29.7 Å². The Labute approximate surface area is 135 Å². The Balaban J connectivity index is 2.42. The van der Waals surface area contributed by atoms with E-state index in [-0.39, 0.29) is 16.2 Å². The number of hydrogen-bond acceptors (Lipinski definition) is 5. The summed E-state index contributed by atoms with van der Waals surface area (Å²) in [4.78, 5) is 28.3. The lowest BCUT2D eigenvalue weighted by Gasteiger charge is -2.17. The SMILES string of the molecule is COC([O-])=C=C(ON1C(=O)c2ccc(Br)cc2C1=O)C(F)(F)F. The second-order valence-corrected chi connectivity index (χ2v) is 5.05. The van der Waals surface area contributed by atoms with E-state index in [1.54, 1.807) is 0 Å². The van der Waals surface area contributed by atoms with Crippen molar-refractivity contribution in [1.29, 1.82) is 0 Å². The van der Waals surface area contributed by atoms with Gasteiger partial charge in [0.1, 0.15) is 5.95 Å². The van der Waals surface area contributed by atoms with E-state index in [2.05, 4.69) is 25.5 Å². The molecule has 0 spiro atoms. The van der Waals surface area contributed by atoms with Crippen molar-refractivity contribution in [2.45, 2.75) is 6.18 Å². The molecule has 1 aromatic rings. The van der Waals surface area contributed by atoms with Crippen molar-refractivity contribution in [3.63, 3.8) is 0 Å². The second kappa shape index (κ2) is 5.98. The molecule has 1 aliphatic heterocycles. The zero-order valence-corrected chi connectivity index (χ0v) is 12.8. The number of ether oxygens (including phenoxy) is 1. The van der Waals surface area contributed by atoms with Crippen molar-refractivity contribution in [1.82, 2.24) is 5.06 Å². The minimum absolute atomic E-state index is 0.0874. The number of halogens is 4. The summed E-state index contributed by atoms with van der Waals surface area (Å²) in [7, 11) is 0.836. The third kappa shape index (κ3) is 3.33. The first kappa shape index (κ1) is 16.9. The molecule has 0 saturated heterocycles. The van der Waals surface area contributed by atoms with E-state index in [1.807, 2.05) is 0 Å². The van der Waals surface area contributed by atoms with Crippen LogP contribution in [-0.4, -0.2) is 30.2 Å². The summed E-state index contributed by atoms with van der Waals surface area (Å²) in [6.45, 7) is 0. The first-order chi connectivity index (χ1) is 10.6. The van der Waals surface area contributed by atoms with Gasteiger partial charge in [0, 0.05) is 4.47 Å². The van der Waals surface area contributed by atoms with Crippen LogP contribution in [-0.2, 0) is 9.57 Å². The smallest absolute Gasteiger partial charge is 0.460 e. The van der Waals surface area contributed by atoms with Crippen LogP contribution in [0.2, 0.25) is 0 Å². The standard InChI is InChI=1S/C13H7BrF3NO5/c1-22-10(19)5-9(13(15,16)17)23-18-11(20)7-3-2-6(14)4-8(7)12(18)21/h2-4,19H,1H3/p-1. The van der Waals surface area contributed by atoms with Gasteiger partial charge in [0.2, 0.25) is 0 Å². The van der Waals surface area contributed by atoms with Crippen molar-refractivity contribution >= 4 is 27.7 Å². The number of alkyl halides is 3. The Hall–Kier alpha value is -2.45. The molecule has 122 valence electrons. The minimum Gasteiger partial charge on any atom is -0.611 e. The number of amides is 2. The number of fused-ring (bicyclic) bond motifs is 1. The van der Waals surface area contributed by atoms with Gasteiger partial charge in [0.25, 0.3) is 17.6 Å². The van der Waals surface area contributed by atoms with E-state index in [1.165, 1.54) is 23.9 Å². The van der Waals surface area contributed by atoms with Crippen LogP contribution in [0.4, 0.5) is 13.2 Å². The van der Waals surface area contributed by atoms with Gasteiger partial charge in [0.15, 0.2) is 0 Å². The zero-order valence-electron chi connectivity index (χ0n) is 11.2. The summed E-state index contributed by atoms with van der Waals surface area (Å²) in [5, 5.41) is 10.9. The van der Waals surface area contributed by atoms with Gasteiger partial charge in [-0.05, 0) is 31.0 Å². The number of rotatable bonds is 3. The maximum atomic E-state index is 12.8. The molecule has 2 rings (SSSR count). The molecule has 1 heterocycles. The first-order valence-corrected chi connectivity index (χ1v) is 6.60. The lowest BCUT2D eigenvalue weighted by molar-refractivity contribution is -0.353. The number of nitrogens with zero attached hydrogens (tertiary/aromatic N) is 1. The molecule has 0 saturated carbocycles. The topological polar surface area (TPSA) is 78.9 Å². The first-order valence-electron chi connectivity index (χ1n) is 5.80. The molecule has 0 aromatic heterocycles. The molecular weight excluding hydrogens is 387 g/mol. The molecule has 1 aliphatic rings. The number of carbonyl (C=O) groups is 2. The zero-order chi connectivity index (χ0) is 17.4. The Bertz CT molecular complexity index is 752. The van der Waals surface area contributed by atoms with Gasteiger partial charge in [-0.3, -0.25) is 9.59 Å². The molecule has 10 heteroatoms. The number of methoxy groups -OCH3 is 1. The Kier molecular flexibility index (Phi) is 4.39. The number of allylic oxidation sites excluding steroid dienone is 1. The highest BCUT2D eigenvalue weighted by atomic mass is 79.9. The van der Waals surface area contributed by atoms with Gasteiger partial charge in [-0.1, -0.05) is 21.0 Å². The molecule has 6 nitrogen and oxygen atoms in total. The molecule has 0 radical (unpaired) electrons. The predicted octanol–water partition coefficient (Wildman–Crippen LogP) is 1.87. The number of hydrogen-bond donors (Lipinski definition) is 0. The third-order valence-electron chi connectivity index (χ3n) is 2.65. The van der Waals surface area contributed by atoms with Crippen LogP contribution in [0.15, 0.2) is 40.1 Å². The molecule has 1 aromatic carbocycles. The molecule has 0 aliphatic carbocycles. The van der Waals surface area contributed by atoms with E-state index in [0.29, 0.717) is 4.47 Å². The largest absolute Gasteiger partial charge is 0.611 e. The Morgan fingerprint density at radius 1 is 1.26 bits per heavy atom. The minimum atomic E-state index is -5.16. The van der Waals surface area contributed by atoms with Gasteiger partial charge in [-0.25, -0.2) is 0 Å². The van der Waals surface area contributed by atoms with E-state index >= 15 is 0 Å². The fraction of sp³-hybridized carbons (Fsp3) is 0.154. The molecule has 0 atom stereocenters. The van der Waals surface area contributed by atoms with Gasteiger partial charge in [-0.15, -0.1) is 0 Å². The number of hydroxylamine groups is 2. The van der Waals surface area contributed by atoms with Crippen molar-refractivity contribution in [3.8, 4) is 0 Å². The van der Waals surface area contributed by atoms with Crippen LogP contribution in [0.1, 0.15) is 20.7 Å². The van der Waals surface area contributed by atoms with Crippen LogP contribution < -0.4 is 5.11 Å². The molecule has 0 bridgehead atoms. The Morgan fingerprint density at radius 2 is 1.87 bits per heavy atom. The van der Waals surface area contributed by atoms with Crippen LogP contribution in [0, 0.1) is 0 Å². The molecule has 2 amide bonds. The van der Waals surface area contributed by atoms with E-state index in [4.69, 9.17) is 0 Å². The summed E-state index contributed by atoms with van der Waals surface area (Å²) in [6, 6.07) is 3.96. The van der Waals surface area contributed by atoms with E-state index in [0.717, 1.165) is 7.11 Å². The molecule has 23 heavy (non-hydrogen) atoms. The molecule has 0 N–H and O–H groups in total. The summed E-state index contributed by atoms with van der Waals surface area (Å²) < 4.78 is 43.0. The van der Waals surface area contributed by atoms with Gasteiger partial charge >= 0.3 is 6.18 Å². The normalized spacial score (nSPS) is 13.5. The molecule has 0 unspecified atom stereocenters. The monoisotopic (exact) mass is 392 g/mol. The highest BCUT2D eigenvalue weighted by Crippen LogP contribution is 2.31. The van der Waals surface area contributed by atoms with E-state index in [9.17, 15) is 27.9 Å². The second-order valence-electron chi connectivity index (χ2n) is 4.13. The van der Waals surface area contributed by atoms with Crippen molar-refractivity contribution in [2.75, 3.05) is 7.11 Å². The van der Waals surface area contributed by atoms with Crippen molar-refractivity contribution < 1.29 is 37.4 Å². The average molecular weight is 393 g/mol. The summed E-state index contributed by atoms with van der Waals surface area (Å²) in [5.41, 5.74) is 1.00. The maximum absolute atomic E-state index is 12.8. The number of benzene rings is 1. The lowest BCUT2D eigenvalue weighted by Crippen LogP contribution is -2.33. The lowest BCUT2D eigenvalue weighted by atomic mass is 10.1. The fourth-order valence-corrected chi connectivity index (χ4v) is 2.02. The third-order valence-corrected chi connectivity index (χ3v) is 3.15. The summed E-state index contributed by atoms with van der Waals surface area (Å²) in [5.74, 6) is -5.64. The fourth-order valence-electron chi connectivity index (χ4n) is 1.65. The molecule has 0 fully saturated rings. The van der Waals surface area contributed by atoms with Crippen LogP contribution in [0.25, 0.3) is 0 Å². The summed E-state index contributed by atoms with van der Waals surface area (Å²) >= 11 is 3.08. The van der Waals surface area contributed by atoms with Crippen molar-refractivity contribution in [2.24, 2.45) is 0 Å². The highest BCUT2D eigenvalue weighted by Gasteiger charge is 2.44. The van der Waals surface area contributed by atoms with Gasteiger partial charge in [0.05, 0.1) is 11.1 Å².